The quantitative estimate of drug-likeness (QED) is 0.410. The van der Waals surface area contributed by atoms with Gasteiger partial charge in [-0.15, -0.1) is 0 Å². The van der Waals surface area contributed by atoms with Gasteiger partial charge in [-0.2, -0.15) is 0 Å². The second-order valence-electron chi connectivity index (χ2n) is 12.0. The minimum Gasteiger partial charge on any atom is -0.370 e. The van der Waals surface area contributed by atoms with Crippen LogP contribution in [-0.2, 0) is 14.8 Å². The largest absolute Gasteiger partial charge is 0.370 e. The number of carbonyl (C=O) groups is 1. The molecule has 2 aromatic rings. The van der Waals surface area contributed by atoms with E-state index in [-0.39, 0.29) is 16.2 Å². The van der Waals surface area contributed by atoms with Crippen LogP contribution in [0, 0.1) is 23.2 Å². The van der Waals surface area contributed by atoms with Gasteiger partial charge >= 0.3 is 0 Å². The van der Waals surface area contributed by atoms with Gasteiger partial charge in [0.2, 0.25) is 5.91 Å². The fourth-order valence-electron chi connectivity index (χ4n) is 8.00. The Morgan fingerprint density at radius 3 is 2.24 bits per heavy atom. The van der Waals surface area contributed by atoms with Crippen molar-refractivity contribution in [1.82, 2.24) is 0 Å². The Bertz CT molecular complexity index is 1250. The lowest BCUT2D eigenvalue weighted by Crippen LogP contribution is -2.47. The molecule has 2 N–H and O–H groups in total. The minimum atomic E-state index is -3.95. The van der Waals surface area contributed by atoms with Gasteiger partial charge in [0, 0.05) is 25.2 Å². The molecule has 8 heteroatoms. The summed E-state index contributed by atoms with van der Waals surface area (Å²) in [5.74, 6) is 2.36. The van der Waals surface area contributed by atoms with E-state index in [1.54, 1.807) is 30.3 Å². The van der Waals surface area contributed by atoms with Crippen molar-refractivity contribution in [2.75, 3.05) is 28.0 Å². The number of hydrogen-bond donors (Lipinski definition) is 2. The molecule has 4 saturated carbocycles. The van der Waals surface area contributed by atoms with Crippen LogP contribution in [0.1, 0.15) is 64.2 Å². The first-order valence-corrected chi connectivity index (χ1v) is 15.6. The van der Waals surface area contributed by atoms with Gasteiger partial charge < -0.3 is 10.2 Å². The first-order valence-electron chi connectivity index (χ1n) is 13.7. The molecule has 0 unspecified atom stereocenters. The van der Waals surface area contributed by atoms with Crippen LogP contribution < -0.4 is 14.9 Å². The summed E-state index contributed by atoms with van der Waals surface area (Å²) in [6.07, 6.45) is 11.3. The van der Waals surface area contributed by atoms with Gasteiger partial charge in [-0.1, -0.05) is 23.7 Å². The van der Waals surface area contributed by atoms with Crippen molar-refractivity contribution in [2.24, 2.45) is 23.2 Å². The molecule has 6 nitrogen and oxygen atoms in total. The van der Waals surface area contributed by atoms with Gasteiger partial charge in [-0.25, -0.2) is 8.42 Å². The second-order valence-corrected chi connectivity index (χ2v) is 14.0. The number of carbonyl (C=O) groups excluding carboxylic acids is 1. The molecule has 0 aromatic heterocycles. The van der Waals surface area contributed by atoms with Crippen molar-refractivity contribution in [2.45, 2.75) is 69.1 Å². The zero-order valence-electron chi connectivity index (χ0n) is 21.2. The first kappa shape index (κ1) is 25.1. The molecule has 1 heterocycles. The number of amides is 1. The summed E-state index contributed by atoms with van der Waals surface area (Å²) in [4.78, 5) is 15.6. The van der Waals surface area contributed by atoms with E-state index in [1.165, 1.54) is 38.5 Å². The van der Waals surface area contributed by atoms with Crippen LogP contribution in [0.15, 0.2) is 47.4 Å². The predicted molar refractivity (Wildman–Crippen MR) is 149 cm³/mol. The van der Waals surface area contributed by atoms with Crippen LogP contribution in [0.25, 0.3) is 0 Å². The molecule has 1 aliphatic heterocycles. The normalized spacial score (nSPS) is 28.8. The van der Waals surface area contributed by atoms with Crippen LogP contribution in [0.3, 0.4) is 0 Å². The van der Waals surface area contributed by atoms with E-state index in [1.807, 2.05) is 12.1 Å². The fraction of sp³-hybridized carbons (Fsp3) is 0.552. The van der Waals surface area contributed by atoms with Gasteiger partial charge in [0.25, 0.3) is 10.0 Å². The second kappa shape index (κ2) is 9.81. The SMILES string of the molecule is O=C(CC12CC3CC(CC(C3)C1)C2)Nc1ccc(N2CCCCC2)c(S(=O)(=O)Nc2ccccc2Cl)c1. The van der Waals surface area contributed by atoms with Gasteiger partial charge in [0.05, 0.1) is 16.4 Å². The Labute approximate surface area is 225 Å². The minimum absolute atomic E-state index is 0.00455. The zero-order chi connectivity index (χ0) is 25.6. The van der Waals surface area contributed by atoms with Crippen molar-refractivity contribution in [3.8, 4) is 0 Å². The molecule has 37 heavy (non-hydrogen) atoms. The number of anilines is 3. The van der Waals surface area contributed by atoms with Crippen molar-refractivity contribution in [3.63, 3.8) is 0 Å². The number of hydrogen-bond acceptors (Lipinski definition) is 4. The van der Waals surface area contributed by atoms with Crippen LogP contribution in [0.2, 0.25) is 5.02 Å². The molecule has 7 rings (SSSR count). The first-order chi connectivity index (χ1) is 17.8. The van der Waals surface area contributed by atoms with E-state index in [2.05, 4.69) is 14.9 Å². The Morgan fingerprint density at radius 2 is 1.59 bits per heavy atom. The molecule has 2 aromatic carbocycles. The Morgan fingerprint density at radius 1 is 0.946 bits per heavy atom. The number of nitrogens with zero attached hydrogens (tertiary/aromatic N) is 1. The maximum absolute atomic E-state index is 13.6. The summed E-state index contributed by atoms with van der Waals surface area (Å²) in [5, 5.41) is 3.40. The third-order valence-corrected chi connectivity index (χ3v) is 10.8. The summed E-state index contributed by atoms with van der Waals surface area (Å²) < 4.78 is 30.0. The summed E-state index contributed by atoms with van der Waals surface area (Å²) >= 11 is 6.26. The third kappa shape index (κ3) is 5.22. The molecule has 0 radical (unpaired) electrons. The lowest BCUT2D eigenvalue weighted by molar-refractivity contribution is -0.124. The number of sulfonamides is 1. The third-order valence-electron chi connectivity index (χ3n) is 9.05. The highest BCUT2D eigenvalue weighted by Crippen LogP contribution is 2.61. The highest BCUT2D eigenvalue weighted by atomic mass is 35.5. The van der Waals surface area contributed by atoms with Crippen molar-refractivity contribution in [1.29, 1.82) is 0 Å². The number of para-hydroxylation sites is 1. The molecule has 4 aliphatic carbocycles. The molecular weight excluding hydrogens is 506 g/mol. The van der Waals surface area contributed by atoms with Crippen molar-refractivity contribution < 1.29 is 13.2 Å². The van der Waals surface area contributed by atoms with Crippen LogP contribution in [0.4, 0.5) is 17.1 Å². The predicted octanol–water partition coefficient (Wildman–Crippen LogP) is 6.68. The van der Waals surface area contributed by atoms with Gasteiger partial charge in [-0.3, -0.25) is 9.52 Å². The maximum Gasteiger partial charge on any atom is 0.264 e. The molecule has 5 fully saturated rings. The lowest BCUT2D eigenvalue weighted by Gasteiger charge is -2.56. The van der Waals surface area contributed by atoms with Gasteiger partial charge in [-0.05, 0) is 111 Å². The summed E-state index contributed by atoms with van der Waals surface area (Å²) in [6, 6.07) is 12.1. The maximum atomic E-state index is 13.6. The number of rotatable bonds is 7. The smallest absolute Gasteiger partial charge is 0.264 e. The van der Waals surface area contributed by atoms with E-state index in [9.17, 15) is 13.2 Å². The van der Waals surface area contributed by atoms with E-state index >= 15 is 0 Å². The summed E-state index contributed by atoms with van der Waals surface area (Å²) in [7, 11) is -3.95. The average Bonchev–Trinajstić information content (AvgIpc) is 2.84. The Balaban J connectivity index is 1.25. The van der Waals surface area contributed by atoms with Crippen LogP contribution >= 0.6 is 11.6 Å². The Hall–Kier alpha value is -2.25. The van der Waals surface area contributed by atoms with E-state index in [0.717, 1.165) is 50.1 Å². The molecule has 198 valence electrons. The van der Waals surface area contributed by atoms with E-state index in [4.69, 9.17) is 11.6 Å². The van der Waals surface area contributed by atoms with Gasteiger partial charge in [0.1, 0.15) is 4.90 Å². The van der Waals surface area contributed by atoms with E-state index < -0.39 is 10.0 Å². The molecule has 4 bridgehead atoms. The molecular formula is C29H36ClN3O3S. The van der Waals surface area contributed by atoms with Crippen molar-refractivity contribution >= 4 is 44.6 Å². The number of halogens is 1. The molecule has 5 aliphatic rings. The number of benzene rings is 2. The summed E-state index contributed by atoms with van der Waals surface area (Å²) in [6.45, 7) is 1.62. The summed E-state index contributed by atoms with van der Waals surface area (Å²) in [5.41, 5.74) is 1.66. The lowest BCUT2D eigenvalue weighted by atomic mass is 9.49. The average molecular weight is 542 g/mol. The van der Waals surface area contributed by atoms with Gasteiger partial charge in [0.15, 0.2) is 0 Å². The molecule has 1 saturated heterocycles. The monoisotopic (exact) mass is 541 g/mol. The standard InChI is InChI=1S/C29H36ClN3O3S/c30-24-6-2-3-7-25(24)32-37(35,36)27-15-23(8-9-26(27)33-10-4-1-5-11-33)31-28(34)19-29-16-20-12-21(17-29)14-22(13-20)18-29/h2-3,6-9,15,20-22,32H,1,4-5,10-14,16-19H2,(H,31,34). The topological polar surface area (TPSA) is 78.5 Å². The molecule has 1 amide bonds. The number of piperidine rings is 1. The Kier molecular flexibility index (Phi) is 6.64. The molecule has 0 spiro atoms. The molecule has 0 atom stereocenters. The van der Waals surface area contributed by atoms with Crippen LogP contribution in [0.5, 0.6) is 0 Å². The van der Waals surface area contributed by atoms with Crippen molar-refractivity contribution in [3.05, 3.63) is 47.5 Å². The van der Waals surface area contributed by atoms with Crippen LogP contribution in [-0.4, -0.2) is 27.4 Å². The highest BCUT2D eigenvalue weighted by molar-refractivity contribution is 7.93. The van der Waals surface area contributed by atoms with E-state index in [0.29, 0.717) is 28.5 Å². The fourth-order valence-corrected chi connectivity index (χ4v) is 9.57. The number of nitrogens with one attached hydrogen (secondary N) is 2. The highest BCUT2D eigenvalue weighted by Gasteiger charge is 2.51. The zero-order valence-corrected chi connectivity index (χ0v) is 22.8.